The van der Waals surface area contributed by atoms with E-state index in [1.165, 1.54) is 41.2 Å². The van der Waals surface area contributed by atoms with E-state index in [1.807, 2.05) is 6.26 Å². The molecule has 1 amide bonds. The highest BCUT2D eigenvalue weighted by atomic mass is 32.2. The number of rotatable bonds is 7. The number of benzene rings is 1. The van der Waals surface area contributed by atoms with Gasteiger partial charge >= 0.3 is 5.97 Å². The molecule has 1 unspecified atom stereocenters. The molecule has 0 bridgehead atoms. The quantitative estimate of drug-likeness (QED) is 0.262. The molecule has 1 aliphatic heterocycles. The predicted molar refractivity (Wildman–Crippen MR) is 121 cm³/mol. The van der Waals surface area contributed by atoms with Crippen molar-refractivity contribution < 1.29 is 23.5 Å². The van der Waals surface area contributed by atoms with Gasteiger partial charge in [-0.15, -0.1) is 0 Å². The third-order valence-corrected chi connectivity index (χ3v) is 5.56. The number of thioether (sulfide) groups is 1. The van der Waals surface area contributed by atoms with Gasteiger partial charge in [-0.05, 0) is 50.8 Å². The molecule has 2 heterocycles. The predicted octanol–water partition coefficient (Wildman–Crippen LogP) is 2.78. The summed E-state index contributed by atoms with van der Waals surface area (Å²) in [6, 6.07) is 7.20. The molecular formula is C23H27FN4O4S. The first-order chi connectivity index (χ1) is 15.6. The van der Waals surface area contributed by atoms with Gasteiger partial charge in [0, 0.05) is 6.20 Å². The number of esters is 1. The van der Waals surface area contributed by atoms with Crippen molar-refractivity contribution in [2.24, 2.45) is 5.41 Å². The molecule has 0 saturated carbocycles. The number of hydrogen-bond donors (Lipinski definition) is 0. The SMILES string of the molecule is CSc1nccc(C(=O)CN2CC(OC(=O)C(C)(C)C)CN2C(=O)Cc2ccc(F)cc2)n1. The van der Waals surface area contributed by atoms with Gasteiger partial charge in [0.15, 0.2) is 10.9 Å². The maximum absolute atomic E-state index is 13.2. The average molecular weight is 475 g/mol. The molecule has 0 spiro atoms. The molecule has 1 aromatic heterocycles. The molecule has 3 rings (SSSR count). The van der Waals surface area contributed by atoms with Crippen molar-refractivity contribution in [1.82, 2.24) is 20.0 Å². The number of amides is 1. The van der Waals surface area contributed by atoms with Crippen LogP contribution >= 0.6 is 11.8 Å². The standard InChI is InChI=1S/C23H27FN4O4S/c1-23(2,3)21(31)32-17-12-27(14-19(29)18-9-10-25-22(26-18)33-4)28(13-17)20(30)11-15-5-7-16(24)8-6-15/h5-10,17H,11-14H2,1-4H3. The molecule has 0 N–H and O–H groups in total. The fourth-order valence-corrected chi connectivity index (χ4v) is 3.58. The monoisotopic (exact) mass is 474 g/mol. The Labute approximate surface area is 196 Å². The van der Waals surface area contributed by atoms with Crippen LogP contribution in [0.15, 0.2) is 41.7 Å². The highest BCUT2D eigenvalue weighted by Crippen LogP contribution is 2.22. The van der Waals surface area contributed by atoms with Gasteiger partial charge in [0.25, 0.3) is 0 Å². The first-order valence-corrected chi connectivity index (χ1v) is 11.7. The second-order valence-corrected chi connectivity index (χ2v) is 9.53. The largest absolute Gasteiger partial charge is 0.459 e. The summed E-state index contributed by atoms with van der Waals surface area (Å²) >= 11 is 1.32. The maximum atomic E-state index is 13.2. The Balaban J connectivity index is 1.76. The van der Waals surface area contributed by atoms with Crippen LogP contribution in [0.25, 0.3) is 0 Å². The lowest BCUT2D eigenvalue weighted by molar-refractivity contribution is -0.157. The molecule has 1 saturated heterocycles. The molecule has 176 valence electrons. The third kappa shape index (κ3) is 6.58. The summed E-state index contributed by atoms with van der Waals surface area (Å²) in [5.74, 6) is -1.33. The summed E-state index contributed by atoms with van der Waals surface area (Å²) in [5.41, 5.74) is 0.195. The molecular weight excluding hydrogens is 447 g/mol. The number of carbonyl (C=O) groups is 3. The van der Waals surface area contributed by atoms with E-state index in [9.17, 15) is 18.8 Å². The molecule has 1 fully saturated rings. The summed E-state index contributed by atoms with van der Waals surface area (Å²) in [4.78, 5) is 46.6. The van der Waals surface area contributed by atoms with Crippen molar-refractivity contribution >= 4 is 29.4 Å². The molecule has 1 atom stereocenters. The van der Waals surface area contributed by atoms with Gasteiger partial charge in [-0.2, -0.15) is 0 Å². The lowest BCUT2D eigenvalue weighted by Gasteiger charge is -2.26. The molecule has 0 radical (unpaired) electrons. The van der Waals surface area contributed by atoms with Gasteiger partial charge in [0.1, 0.15) is 17.6 Å². The zero-order valence-corrected chi connectivity index (χ0v) is 19.9. The van der Waals surface area contributed by atoms with Gasteiger partial charge in [-0.1, -0.05) is 23.9 Å². The molecule has 10 heteroatoms. The van der Waals surface area contributed by atoms with Crippen molar-refractivity contribution in [1.29, 1.82) is 0 Å². The highest BCUT2D eigenvalue weighted by molar-refractivity contribution is 7.98. The minimum Gasteiger partial charge on any atom is -0.459 e. The van der Waals surface area contributed by atoms with Crippen molar-refractivity contribution in [3.63, 3.8) is 0 Å². The van der Waals surface area contributed by atoms with E-state index in [0.29, 0.717) is 10.7 Å². The Bertz CT molecular complexity index is 1030. The van der Waals surface area contributed by atoms with E-state index >= 15 is 0 Å². The number of ether oxygens (including phenoxy) is 1. The van der Waals surface area contributed by atoms with Crippen LogP contribution in [0.3, 0.4) is 0 Å². The lowest BCUT2D eigenvalue weighted by Crippen LogP contribution is -2.44. The number of Topliss-reactive ketones (excluding diaryl/α,β-unsaturated/α-hetero) is 1. The smallest absolute Gasteiger partial charge is 0.311 e. The van der Waals surface area contributed by atoms with Crippen LogP contribution in [0.5, 0.6) is 0 Å². The summed E-state index contributed by atoms with van der Waals surface area (Å²) in [6.45, 7) is 5.48. The third-order valence-electron chi connectivity index (χ3n) is 5.00. The van der Waals surface area contributed by atoms with E-state index in [-0.39, 0.29) is 55.2 Å². The minimum atomic E-state index is -0.693. The number of ketones is 1. The summed E-state index contributed by atoms with van der Waals surface area (Å²) in [6.07, 6.45) is 2.78. The number of hydrazine groups is 1. The molecule has 0 aliphatic carbocycles. The fraction of sp³-hybridized carbons (Fsp3) is 0.435. The Morgan fingerprint density at radius 1 is 1.15 bits per heavy atom. The Hall–Kier alpha value is -2.85. The molecule has 1 aliphatic rings. The van der Waals surface area contributed by atoms with Gasteiger partial charge in [0.2, 0.25) is 5.91 Å². The first-order valence-electron chi connectivity index (χ1n) is 10.5. The Morgan fingerprint density at radius 3 is 2.48 bits per heavy atom. The Morgan fingerprint density at radius 2 is 1.85 bits per heavy atom. The van der Waals surface area contributed by atoms with Gasteiger partial charge in [-0.25, -0.2) is 19.4 Å². The van der Waals surface area contributed by atoms with Crippen LogP contribution in [0, 0.1) is 11.2 Å². The summed E-state index contributed by atoms with van der Waals surface area (Å²) in [7, 11) is 0. The van der Waals surface area contributed by atoms with Crippen LogP contribution in [0.2, 0.25) is 0 Å². The lowest BCUT2D eigenvalue weighted by atomic mass is 9.97. The fourth-order valence-electron chi connectivity index (χ4n) is 3.22. The van der Waals surface area contributed by atoms with E-state index < -0.39 is 11.5 Å². The summed E-state index contributed by atoms with van der Waals surface area (Å²) < 4.78 is 18.8. The number of hydrogen-bond acceptors (Lipinski definition) is 8. The summed E-state index contributed by atoms with van der Waals surface area (Å²) in [5, 5.41) is 3.48. The van der Waals surface area contributed by atoms with Crippen LogP contribution in [-0.2, 0) is 20.7 Å². The van der Waals surface area contributed by atoms with Crippen LogP contribution < -0.4 is 0 Å². The van der Waals surface area contributed by atoms with E-state index in [1.54, 1.807) is 37.9 Å². The average Bonchev–Trinajstić information content (AvgIpc) is 3.16. The number of halogens is 1. The molecule has 1 aromatic carbocycles. The van der Waals surface area contributed by atoms with Crippen molar-refractivity contribution in [2.75, 3.05) is 25.9 Å². The van der Waals surface area contributed by atoms with Crippen LogP contribution in [0.1, 0.15) is 36.8 Å². The number of aromatic nitrogens is 2. The number of nitrogens with zero attached hydrogens (tertiary/aromatic N) is 4. The highest BCUT2D eigenvalue weighted by Gasteiger charge is 2.38. The first kappa shape index (κ1) is 24.8. The second kappa shape index (κ2) is 10.4. The van der Waals surface area contributed by atoms with E-state index in [2.05, 4.69) is 9.97 Å². The zero-order valence-electron chi connectivity index (χ0n) is 19.1. The van der Waals surface area contributed by atoms with Crippen molar-refractivity contribution in [3.05, 3.63) is 53.6 Å². The second-order valence-electron chi connectivity index (χ2n) is 8.76. The van der Waals surface area contributed by atoms with E-state index in [0.717, 1.165) is 0 Å². The van der Waals surface area contributed by atoms with Gasteiger partial charge in [-0.3, -0.25) is 19.4 Å². The van der Waals surface area contributed by atoms with Gasteiger partial charge in [0.05, 0.1) is 31.5 Å². The number of carbonyl (C=O) groups excluding carboxylic acids is 3. The Kier molecular flexibility index (Phi) is 7.80. The molecule has 2 aromatic rings. The maximum Gasteiger partial charge on any atom is 0.311 e. The topological polar surface area (TPSA) is 92.7 Å². The minimum absolute atomic E-state index is 0.0229. The van der Waals surface area contributed by atoms with Crippen LogP contribution in [-0.4, -0.2) is 69.6 Å². The van der Waals surface area contributed by atoms with Gasteiger partial charge < -0.3 is 4.74 Å². The zero-order chi connectivity index (χ0) is 24.2. The van der Waals surface area contributed by atoms with E-state index in [4.69, 9.17) is 4.74 Å². The van der Waals surface area contributed by atoms with Crippen molar-refractivity contribution in [2.45, 2.75) is 38.5 Å². The molecule has 8 nitrogen and oxygen atoms in total. The van der Waals surface area contributed by atoms with Crippen LogP contribution in [0.4, 0.5) is 4.39 Å². The normalized spacial score (nSPS) is 16.6. The molecule has 33 heavy (non-hydrogen) atoms. The van der Waals surface area contributed by atoms with Crippen molar-refractivity contribution in [3.8, 4) is 0 Å².